The number of para-hydroxylation sites is 1. The molecule has 0 aliphatic heterocycles. The summed E-state index contributed by atoms with van der Waals surface area (Å²) in [6, 6.07) is 7.84. The van der Waals surface area contributed by atoms with Gasteiger partial charge >= 0.3 is 0 Å². The van der Waals surface area contributed by atoms with Crippen LogP contribution >= 0.6 is 0 Å². The molecule has 1 nitrogen and oxygen atoms in total. The predicted octanol–water partition coefficient (Wildman–Crippen LogP) is 5.77. The number of rotatable bonds is 1. The van der Waals surface area contributed by atoms with Crippen LogP contribution in [0.4, 0.5) is 0 Å². The Morgan fingerprint density at radius 1 is 0.650 bits per heavy atom. The fraction of sp³-hybridized carbons (Fsp3) is 0.684. The van der Waals surface area contributed by atoms with Crippen molar-refractivity contribution in [3.63, 3.8) is 0 Å². The fourth-order valence-corrected chi connectivity index (χ4v) is 5.38. The van der Waals surface area contributed by atoms with Crippen LogP contribution in [0, 0.1) is 16.2 Å². The molecule has 0 aliphatic carbocycles. The largest absolute Gasteiger partial charge is 0.508 e. The summed E-state index contributed by atoms with van der Waals surface area (Å²) in [6.07, 6.45) is 0. The first-order chi connectivity index (χ1) is 8.77. The first-order valence-corrected chi connectivity index (χ1v) is 7.55. The smallest absolute Gasteiger partial charge is 0.119 e. The second-order valence-corrected chi connectivity index (χ2v) is 9.02. The van der Waals surface area contributed by atoms with Crippen LogP contribution in [0.2, 0.25) is 0 Å². The molecule has 0 radical (unpaired) electrons. The van der Waals surface area contributed by atoms with Crippen molar-refractivity contribution in [1.29, 1.82) is 0 Å². The molecular formula is C19H32O. The van der Waals surface area contributed by atoms with Gasteiger partial charge in [0.05, 0.1) is 0 Å². The van der Waals surface area contributed by atoms with Crippen LogP contribution in [0.3, 0.4) is 0 Å². The molecule has 1 aromatic carbocycles. The number of hydrogen-bond acceptors (Lipinski definition) is 1. The van der Waals surface area contributed by atoms with Gasteiger partial charge in [-0.3, -0.25) is 0 Å². The van der Waals surface area contributed by atoms with Crippen molar-refractivity contribution in [3.8, 4) is 5.75 Å². The molecule has 1 N–H and O–H groups in total. The summed E-state index contributed by atoms with van der Waals surface area (Å²) in [4.78, 5) is 0. The normalized spacial score (nSPS) is 14.4. The number of phenols is 1. The van der Waals surface area contributed by atoms with Gasteiger partial charge in [-0.25, -0.2) is 0 Å². The monoisotopic (exact) mass is 276 g/mol. The molecule has 114 valence electrons. The molecule has 0 heterocycles. The molecule has 0 saturated carbocycles. The first kappa shape index (κ1) is 17.1. The third-order valence-electron chi connectivity index (χ3n) is 4.68. The molecule has 0 aliphatic rings. The lowest BCUT2D eigenvalue weighted by Crippen LogP contribution is -2.58. The first-order valence-electron chi connectivity index (χ1n) is 7.55. The molecule has 0 saturated heterocycles. The highest BCUT2D eigenvalue weighted by molar-refractivity contribution is 5.43. The van der Waals surface area contributed by atoms with E-state index < -0.39 is 0 Å². The third-order valence-corrected chi connectivity index (χ3v) is 4.68. The molecule has 0 spiro atoms. The summed E-state index contributed by atoms with van der Waals surface area (Å²) in [5, 5.41) is 10.5. The molecule has 1 heteroatoms. The van der Waals surface area contributed by atoms with Gasteiger partial charge in [0.2, 0.25) is 0 Å². The average Bonchev–Trinajstić information content (AvgIpc) is 2.14. The lowest BCUT2D eigenvalue weighted by molar-refractivity contribution is -0.0459. The summed E-state index contributed by atoms with van der Waals surface area (Å²) in [6.45, 7) is 20.6. The number of hydrogen-bond donors (Lipinski definition) is 1. The van der Waals surface area contributed by atoms with Gasteiger partial charge in [-0.05, 0) is 22.3 Å². The minimum atomic E-state index is -0.154. The van der Waals surface area contributed by atoms with Crippen LogP contribution in [0.25, 0.3) is 0 Å². The molecule has 0 fully saturated rings. The Labute approximate surface area is 125 Å². The number of benzene rings is 1. The van der Waals surface area contributed by atoms with Crippen LogP contribution in [0.15, 0.2) is 24.3 Å². The second kappa shape index (κ2) is 4.79. The Morgan fingerprint density at radius 3 is 1.30 bits per heavy atom. The quantitative estimate of drug-likeness (QED) is 0.690. The standard InChI is InChI=1S/C19H32O/c1-16(2,3)19(17(4,5)6,18(7,8)9)14-12-10-11-13-15(14)20/h10-13,20H,1-9H3. The van der Waals surface area contributed by atoms with Gasteiger partial charge < -0.3 is 5.11 Å². The number of aromatic hydroxyl groups is 1. The maximum absolute atomic E-state index is 10.5. The highest BCUT2D eigenvalue weighted by Crippen LogP contribution is 2.63. The zero-order valence-corrected chi connectivity index (χ0v) is 14.8. The molecule has 0 bridgehead atoms. The molecule has 1 aromatic rings. The van der Waals surface area contributed by atoms with Gasteiger partial charge in [0.1, 0.15) is 5.75 Å². The van der Waals surface area contributed by atoms with Crippen LogP contribution in [-0.4, -0.2) is 5.11 Å². The SMILES string of the molecule is CC(C)(C)C(c1ccccc1O)(C(C)(C)C)C(C)(C)C. The van der Waals surface area contributed by atoms with E-state index in [0.29, 0.717) is 5.75 Å². The van der Waals surface area contributed by atoms with Crippen molar-refractivity contribution in [3.05, 3.63) is 29.8 Å². The molecule has 1 rings (SSSR count). The molecular weight excluding hydrogens is 244 g/mol. The Bertz CT molecular complexity index is 428. The van der Waals surface area contributed by atoms with Crippen molar-refractivity contribution in [1.82, 2.24) is 0 Å². The maximum atomic E-state index is 10.5. The average molecular weight is 276 g/mol. The highest BCUT2D eigenvalue weighted by Gasteiger charge is 2.59. The lowest BCUT2D eigenvalue weighted by Gasteiger charge is -2.61. The van der Waals surface area contributed by atoms with Crippen molar-refractivity contribution in [2.45, 2.75) is 67.7 Å². The number of phenolic OH excluding ortho intramolecular Hbond substituents is 1. The van der Waals surface area contributed by atoms with Gasteiger partial charge in [-0.2, -0.15) is 0 Å². The van der Waals surface area contributed by atoms with Crippen LogP contribution in [0.5, 0.6) is 5.75 Å². The zero-order chi connectivity index (χ0) is 16.0. The van der Waals surface area contributed by atoms with E-state index in [1.165, 1.54) is 0 Å². The van der Waals surface area contributed by atoms with E-state index in [1.807, 2.05) is 18.2 Å². The summed E-state index contributed by atoms with van der Waals surface area (Å²) in [5.74, 6) is 0.410. The van der Waals surface area contributed by atoms with Crippen molar-refractivity contribution in [2.24, 2.45) is 16.2 Å². The minimum absolute atomic E-state index is 0.0162. The van der Waals surface area contributed by atoms with Crippen LogP contribution in [-0.2, 0) is 5.41 Å². The van der Waals surface area contributed by atoms with E-state index in [1.54, 1.807) is 0 Å². The maximum Gasteiger partial charge on any atom is 0.119 e. The molecule has 0 atom stereocenters. The van der Waals surface area contributed by atoms with Gasteiger partial charge in [-0.1, -0.05) is 80.5 Å². The van der Waals surface area contributed by atoms with Gasteiger partial charge in [0, 0.05) is 11.0 Å². The van der Waals surface area contributed by atoms with Crippen molar-refractivity contribution < 1.29 is 5.11 Å². The van der Waals surface area contributed by atoms with E-state index in [0.717, 1.165) is 5.56 Å². The minimum Gasteiger partial charge on any atom is -0.508 e. The molecule has 0 unspecified atom stereocenters. The Hall–Kier alpha value is -0.980. The van der Waals surface area contributed by atoms with E-state index in [9.17, 15) is 5.11 Å². The Morgan fingerprint density at radius 2 is 1.00 bits per heavy atom. The fourth-order valence-electron chi connectivity index (χ4n) is 5.38. The van der Waals surface area contributed by atoms with Crippen molar-refractivity contribution >= 4 is 0 Å². The van der Waals surface area contributed by atoms with Crippen LogP contribution < -0.4 is 0 Å². The second-order valence-electron chi connectivity index (χ2n) is 9.02. The third kappa shape index (κ3) is 2.36. The molecule has 20 heavy (non-hydrogen) atoms. The lowest BCUT2D eigenvalue weighted by atomic mass is 9.42. The molecule has 0 amide bonds. The topological polar surface area (TPSA) is 20.2 Å². The van der Waals surface area contributed by atoms with Gasteiger partial charge in [0.25, 0.3) is 0 Å². The van der Waals surface area contributed by atoms with Gasteiger partial charge in [-0.15, -0.1) is 0 Å². The zero-order valence-electron chi connectivity index (χ0n) is 14.8. The highest BCUT2D eigenvalue weighted by atomic mass is 16.3. The van der Waals surface area contributed by atoms with E-state index in [4.69, 9.17) is 0 Å². The van der Waals surface area contributed by atoms with E-state index >= 15 is 0 Å². The van der Waals surface area contributed by atoms with Crippen LogP contribution in [0.1, 0.15) is 67.9 Å². The van der Waals surface area contributed by atoms with E-state index in [2.05, 4.69) is 68.4 Å². The Balaban J connectivity index is 3.88. The Kier molecular flexibility index (Phi) is 4.09. The van der Waals surface area contributed by atoms with Crippen molar-refractivity contribution in [2.75, 3.05) is 0 Å². The molecule has 0 aromatic heterocycles. The van der Waals surface area contributed by atoms with Gasteiger partial charge in [0.15, 0.2) is 0 Å². The van der Waals surface area contributed by atoms with E-state index in [-0.39, 0.29) is 21.7 Å². The summed E-state index contributed by atoms with van der Waals surface area (Å²) in [7, 11) is 0. The summed E-state index contributed by atoms with van der Waals surface area (Å²) >= 11 is 0. The summed E-state index contributed by atoms with van der Waals surface area (Å²) in [5.41, 5.74) is 0.957. The summed E-state index contributed by atoms with van der Waals surface area (Å²) < 4.78 is 0. The predicted molar refractivity (Wildman–Crippen MR) is 88.1 cm³/mol.